The molecule has 2 fully saturated rings. The minimum absolute atomic E-state index is 0.116. The van der Waals surface area contributed by atoms with E-state index in [0.29, 0.717) is 11.8 Å². The molecule has 21 heavy (non-hydrogen) atoms. The molecule has 118 valence electrons. The van der Waals surface area contributed by atoms with Crippen LogP contribution >= 0.6 is 0 Å². The van der Waals surface area contributed by atoms with Crippen LogP contribution in [0.4, 0.5) is 0 Å². The van der Waals surface area contributed by atoms with E-state index in [2.05, 4.69) is 22.0 Å². The Morgan fingerprint density at radius 2 is 2.14 bits per heavy atom. The van der Waals surface area contributed by atoms with E-state index < -0.39 is 0 Å². The van der Waals surface area contributed by atoms with Crippen LogP contribution in [0.3, 0.4) is 0 Å². The first kappa shape index (κ1) is 14.9. The molecule has 1 aromatic rings. The zero-order valence-electron chi connectivity index (χ0n) is 13.2. The summed E-state index contributed by atoms with van der Waals surface area (Å²) in [5.41, 5.74) is 0.123. The number of methoxy groups -OCH3 is 1. The molecule has 1 aliphatic heterocycles. The average molecular weight is 295 g/mol. The van der Waals surface area contributed by atoms with Gasteiger partial charge in [-0.3, -0.25) is 4.90 Å². The lowest BCUT2D eigenvalue weighted by atomic mass is 9.77. The summed E-state index contributed by atoms with van der Waals surface area (Å²) in [4.78, 5) is 2.43. The molecule has 0 unspecified atom stereocenters. The standard InChI is InChI=1S/C15H25N3O3/c1-11-9-18(8-7-15(19-3)5-4-6-15)10-13(20-11)14-17-16-12(2)21-14/h11,13H,4-10H2,1-3H3/t11-,13-/m1/s1. The molecule has 2 aliphatic rings. The van der Waals surface area contributed by atoms with Crippen LogP contribution in [0.25, 0.3) is 0 Å². The molecule has 3 rings (SSSR count). The van der Waals surface area contributed by atoms with Crippen molar-refractivity contribution in [2.45, 2.75) is 57.3 Å². The van der Waals surface area contributed by atoms with Gasteiger partial charge >= 0.3 is 0 Å². The van der Waals surface area contributed by atoms with Crippen LogP contribution in [0, 0.1) is 6.92 Å². The number of aromatic nitrogens is 2. The molecule has 0 aromatic carbocycles. The Hall–Kier alpha value is -0.980. The number of hydrogen-bond acceptors (Lipinski definition) is 6. The fourth-order valence-corrected chi connectivity index (χ4v) is 3.29. The van der Waals surface area contributed by atoms with E-state index in [4.69, 9.17) is 13.9 Å². The lowest BCUT2D eigenvalue weighted by molar-refractivity contribution is -0.109. The first-order valence-electron chi connectivity index (χ1n) is 7.83. The second-order valence-electron chi connectivity index (χ2n) is 6.34. The molecule has 1 aliphatic carbocycles. The zero-order valence-corrected chi connectivity index (χ0v) is 13.2. The maximum absolute atomic E-state index is 5.95. The topological polar surface area (TPSA) is 60.6 Å². The van der Waals surface area contributed by atoms with Gasteiger partial charge in [-0.25, -0.2) is 0 Å². The molecule has 0 amide bonds. The third-order valence-corrected chi connectivity index (χ3v) is 4.73. The van der Waals surface area contributed by atoms with Gasteiger partial charge in [0.15, 0.2) is 0 Å². The molecular formula is C15H25N3O3. The highest BCUT2D eigenvalue weighted by atomic mass is 16.5. The van der Waals surface area contributed by atoms with Crippen LogP contribution in [-0.2, 0) is 9.47 Å². The van der Waals surface area contributed by atoms with Gasteiger partial charge < -0.3 is 13.9 Å². The van der Waals surface area contributed by atoms with Crippen molar-refractivity contribution in [2.24, 2.45) is 0 Å². The maximum Gasteiger partial charge on any atom is 0.246 e. The summed E-state index contributed by atoms with van der Waals surface area (Å²) in [6, 6.07) is 0. The Bertz CT molecular complexity index is 467. The van der Waals surface area contributed by atoms with Gasteiger partial charge in [0.05, 0.1) is 11.7 Å². The first-order valence-corrected chi connectivity index (χ1v) is 7.83. The minimum atomic E-state index is -0.116. The van der Waals surface area contributed by atoms with Gasteiger partial charge in [0, 0.05) is 33.7 Å². The smallest absolute Gasteiger partial charge is 0.246 e. The van der Waals surface area contributed by atoms with E-state index >= 15 is 0 Å². The van der Waals surface area contributed by atoms with E-state index in [0.717, 1.165) is 26.1 Å². The fourth-order valence-electron chi connectivity index (χ4n) is 3.29. The Kier molecular flexibility index (Phi) is 4.28. The lowest BCUT2D eigenvalue weighted by Crippen LogP contribution is -2.47. The minimum Gasteiger partial charge on any atom is -0.423 e. The number of hydrogen-bond donors (Lipinski definition) is 0. The van der Waals surface area contributed by atoms with Crippen molar-refractivity contribution in [3.63, 3.8) is 0 Å². The molecule has 2 atom stereocenters. The molecule has 0 radical (unpaired) electrons. The first-order chi connectivity index (χ1) is 10.1. The summed E-state index contributed by atoms with van der Waals surface area (Å²) in [7, 11) is 1.84. The van der Waals surface area contributed by atoms with Gasteiger partial charge in [-0.2, -0.15) is 0 Å². The van der Waals surface area contributed by atoms with Crippen LogP contribution in [0.5, 0.6) is 0 Å². The summed E-state index contributed by atoms with van der Waals surface area (Å²) >= 11 is 0. The summed E-state index contributed by atoms with van der Waals surface area (Å²) in [5.74, 6) is 1.18. The van der Waals surface area contributed by atoms with Gasteiger partial charge in [-0.1, -0.05) is 0 Å². The van der Waals surface area contributed by atoms with Gasteiger partial charge in [0.2, 0.25) is 11.8 Å². The molecule has 0 bridgehead atoms. The number of nitrogens with zero attached hydrogens (tertiary/aromatic N) is 3. The van der Waals surface area contributed by atoms with Crippen molar-refractivity contribution in [1.82, 2.24) is 15.1 Å². The van der Waals surface area contributed by atoms with E-state index in [1.807, 2.05) is 7.11 Å². The highest BCUT2D eigenvalue weighted by Crippen LogP contribution is 2.38. The van der Waals surface area contributed by atoms with Crippen molar-refractivity contribution in [1.29, 1.82) is 0 Å². The van der Waals surface area contributed by atoms with Crippen molar-refractivity contribution < 1.29 is 13.9 Å². The van der Waals surface area contributed by atoms with Crippen LogP contribution in [0.15, 0.2) is 4.42 Å². The SMILES string of the molecule is COC1(CCN2C[C@@H](C)O[C@@H](c3nnc(C)o3)C2)CCC1. The molecule has 6 heteroatoms. The fraction of sp³-hybridized carbons (Fsp3) is 0.867. The number of rotatable bonds is 5. The Labute approximate surface area is 125 Å². The van der Waals surface area contributed by atoms with Gasteiger partial charge in [-0.15, -0.1) is 10.2 Å². The van der Waals surface area contributed by atoms with Crippen LogP contribution in [0.1, 0.15) is 50.5 Å². The van der Waals surface area contributed by atoms with Gasteiger partial charge in [0.1, 0.15) is 6.10 Å². The van der Waals surface area contributed by atoms with Gasteiger partial charge in [0.25, 0.3) is 0 Å². The highest BCUT2D eigenvalue weighted by Gasteiger charge is 2.38. The molecule has 1 aromatic heterocycles. The largest absolute Gasteiger partial charge is 0.423 e. The van der Waals surface area contributed by atoms with E-state index in [-0.39, 0.29) is 17.8 Å². The maximum atomic E-state index is 5.95. The van der Waals surface area contributed by atoms with E-state index in [1.165, 1.54) is 19.3 Å². The number of aryl methyl sites for hydroxylation is 1. The number of morpholine rings is 1. The van der Waals surface area contributed by atoms with E-state index in [9.17, 15) is 0 Å². The summed E-state index contributed by atoms with van der Waals surface area (Å²) in [5, 5.41) is 8.00. The molecular weight excluding hydrogens is 270 g/mol. The van der Waals surface area contributed by atoms with E-state index in [1.54, 1.807) is 6.92 Å². The van der Waals surface area contributed by atoms with Crippen LogP contribution in [-0.4, -0.2) is 53.5 Å². The van der Waals surface area contributed by atoms with Gasteiger partial charge in [-0.05, 0) is 32.6 Å². The second-order valence-corrected chi connectivity index (χ2v) is 6.34. The average Bonchev–Trinajstić information content (AvgIpc) is 2.84. The quantitative estimate of drug-likeness (QED) is 0.829. The van der Waals surface area contributed by atoms with Crippen molar-refractivity contribution in [3.8, 4) is 0 Å². The third kappa shape index (κ3) is 3.27. The summed E-state index contributed by atoms with van der Waals surface area (Å²) in [6.45, 7) is 6.69. The van der Waals surface area contributed by atoms with Crippen molar-refractivity contribution >= 4 is 0 Å². The Morgan fingerprint density at radius 1 is 1.33 bits per heavy atom. The van der Waals surface area contributed by atoms with Crippen molar-refractivity contribution in [3.05, 3.63) is 11.8 Å². The molecule has 1 saturated heterocycles. The number of ether oxygens (including phenoxy) is 2. The zero-order chi connectivity index (χ0) is 14.9. The third-order valence-electron chi connectivity index (χ3n) is 4.73. The monoisotopic (exact) mass is 295 g/mol. The molecule has 0 spiro atoms. The normalized spacial score (nSPS) is 29.3. The van der Waals surface area contributed by atoms with Crippen LogP contribution < -0.4 is 0 Å². The highest BCUT2D eigenvalue weighted by molar-refractivity contribution is 4.93. The van der Waals surface area contributed by atoms with Crippen molar-refractivity contribution in [2.75, 3.05) is 26.7 Å². The Balaban J connectivity index is 1.58. The summed E-state index contributed by atoms with van der Waals surface area (Å²) in [6.07, 6.45) is 4.82. The lowest BCUT2D eigenvalue weighted by Gasteiger charge is -2.43. The predicted octanol–water partition coefficient (Wildman–Crippen LogP) is 2.10. The second kappa shape index (κ2) is 6.02. The Morgan fingerprint density at radius 3 is 2.71 bits per heavy atom. The predicted molar refractivity (Wildman–Crippen MR) is 77.0 cm³/mol. The molecule has 2 heterocycles. The summed E-state index contributed by atoms with van der Waals surface area (Å²) < 4.78 is 17.2. The molecule has 6 nitrogen and oxygen atoms in total. The van der Waals surface area contributed by atoms with Crippen LogP contribution in [0.2, 0.25) is 0 Å². The molecule has 0 N–H and O–H groups in total. The molecule has 1 saturated carbocycles.